The number of hydrazone groups is 1. The van der Waals surface area contributed by atoms with Gasteiger partial charge in [-0.05, 0) is 38.0 Å². The third-order valence-corrected chi connectivity index (χ3v) is 8.67. The number of likely N-dealkylation sites (N-methyl/N-ethyl adjacent to an activating group) is 1. The molecule has 9 heteroatoms. The van der Waals surface area contributed by atoms with Crippen LogP contribution in [0.3, 0.4) is 0 Å². The molecular weight excluding hydrogens is 438 g/mol. The molecule has 2 unspecified atom stereocenters. The number of allylic oxidation sites excluding steroid dienone is 3. The van der Waals surface area contributed by atoms with E-state index in [-0.39, 0.29) is 16.9 Å². The van der Waals surface area contributed by atoms with Crippen LogP contribution >= 0.6 is 11.8 Å². The molecule has 2 aliphatic heterocycles. The summed E-state index contributed by atoms with van der Waals surface area (Å²) in [5.41, 5.74) is -3.58. The smallest absolute Gasteiger partial charge is 0.288 e. The summed E-state index contributed by atoms with van der Waals surface area (Å²) in [6.07, 6.45) is 1.37. The van der Waals surface area contributed by atoms with E-state index in [1.807, 2.05) is 0 Å². The highest BCUT2D eigenvalue weighted by molar-refractivity contribution is 8.10. The highest BCUT2D eigenvalue weighted by atomic mass is 32.2. The lowest BCUT2D eigenvalue weighted by molar-refractivity contribution is -0.258. The van der Waals surface area contributed by atoms with Crippen LogP contribution in [-0.4, -0.2) is 45.8 Å². The second-order valence-corrected chi connectivity index (χ2v) is 10.0. The average molecular weight is 456 g/mol. The number of thioether (sulfide) groups is 1. The number of rotatable bonds is 1. The minimum absolute atomic E-state index is 0.0414. The summed E-state index contributed by atoms with van der Waals surface area (Å²) in [5, 5.41) is 5.67. The van der Waals surface area contributed by atoms with Crippen LogP contribution in [0.5, 0.6) is 0 Å². The van der Waals surface area contributed by atoms with Crippen molar-refractivity contribution in [2.24, 2.45) is 5.10 Å². The molecule has 0 N–H and O–H groups in total. The fourth-order valence-corrected chi connectivity index (χ4v) is 6.84. The van der Waals surface area contributed by atoms with E-state index in [1.54, 1.807) is 51.2 Å². The van der Waals surface area contributed by atoms with Crippen molar-refractivity contribution in [3.63, 3.8) is 0 Å². The quantitative estimate of drug-likeness (QED) is 0.472. The second kappa shape index (κ2) is 5.60. The molecule has 0 amide bonds. The minimum Gasteiger partial charge on any atom is -0.288 e. The zero-order valence-electron chi connectivity index (χ0n) is 17.0. The van der Waals surface area contributed by atoms with E-state index in [0.29, 0.717) is 10.5 Å². The van der Waals surface area contributed by atoms with E-state index in [0.717, 1.165) is 0 Å². The van der Waals surface area contributed by atoms with E-state index < -0.39 is 39.2 Å². The van der Waals surface area contributed by atoms with Crippen molar-refractivity contribution < 1.29 is 26.3 Å². The summed E-state index contributed by atoms with van der Waals surface area (Å²) < 4.78 is 88.1. The number of halogens is 6. The molecule has 0 aromatic heterocycles. The van der Waals surface area contributed by atoms with Crippen molar-refractivity contribution in [2.45, 2.75) is 48.8 Å². The Hall–Kier alpha value is -2.16. The molecule has 0 saturated heterocycles. The zero-order chi connectivity index (χ0) is 22.8. The fourth-order valence-electron chi connectivity index (χ4n) is 5.26. The summed E-state index contributed by atoms with van der Waals surface area (Å²) in [4.78, 5) is 0.555. The van der Waals surface area contributed by atoms with Crippen LogP contribution in [0, 0.1) is 0 Å². The van der Waals surface area contributed by atoms with Gasteiger partial charge in [0.1, 0.15) is 5.54 Å². The average Bonchev–Trinajstić information content (AvgIpc) is 3.19. The van der Waals surface area contributed by atoms with Gasteiger partial charge < -0.3 is 0 Å². The fraction of sp³-hybridized carbons (Fsp3) is 0.409. The maximum Gasteiger partial charge on any atom is 0.380 e. The van der Waals surface area contributed by atoms with Gasteiger partial charge in [0.05, 0.1) is 10.5 Å². The van der Waals surface area contributed by atoms with Gasteiger partial charge in [-0.1, -0.05) is 30.3 Å². The van der Waals surface area contributed by atoms with Gasteiger partial charge in [0.15, 0.2) is 0 Å². The summed E-state index contributed by atoms with van der Waals surface area (Å²) in [7, 11) is 1.55. The predicted molar refractivity (Wildman–Crippen MR) is 109 cm³/mol. The molecule has 1 saturated carbocycles. The van der Waals surface area contributed by atoms with Crippen LogP contribution in [-0.2, 0) is 0 Å². The van der Waals surface area contributed by atoms with Crippen molar-refractivity contribution in [1.29, 1.82) is 0 Å². The van der Waals surface area contributed by atoms with Crippen LogP contribution in [0.25, 0.3) is 4.91 Å². The van der Waals surface area contributed by atoms with Gasteiger partial charge in [-0.2, -0.15) is 31.4 Å². The monoisotopic (exact) mass is 456 g/mol. The molecule has 4 aliphatic rings. The van der Waals surface area contributed by atoms with Crippen molar-refractivity contribution in [1.82, 2.24) is 5.01 Å². The molecule has 1 aromatic rings. The highest BCUT2D eigenvalue weighted by Gasteiger charge is 2.84. The first-order chi connectivity index (χ1) is 14.2. The van der Waals surface area contributed by atoms with Crippen molar-refractivity contribution in [3.8, 4) is 0 Å². The van der Waals surface area contributed by atoms with Crippen LogP contribution in [0.4, 0.5) is 26.3 Å². The van der Waals surface area contributed by atoms with Gasteiger partial charge in [-0.15, -0.1) is 11.8 Å². The van der Waals surface area contributed by atoms with Gasteiger partial charge in [-0.25, -0.2) is 0 Å². The van der Waals surface area contributed by atoms with Crippen LogP contribution in [0.2, 0.25) is 0 Å². The van der Waals surface area contributed by atoms with Gasteiger partial charge >= 0.3 is 17.8 Å². The third-order valence-electron chi connectivity index (χ3n) is 7.07. The van der Waals surface area contributed by atoms with Gasteiger partial charge in [0, 0.05) is 28.7 Å². The van der Waals surface area contributed by atoms with Crippen molar-refractivity contribution in [3.05, 3.63) is 64.3 Å². The van der Waals surface area contributed by atoms with Crippen molar-refractivity contribution in [2.75, 3.05) is 7.05 Å². The molecule has 0 bridgehead atoms. The lowest BCUT2D eigenvalue weighted by Gasteiger charge is -2.50. The molecule has 2 heterocycles. The molecule has 0 radical (unpaired) electrons. The Balaban J connectivity index is 1.92. The molecule has 2 atom stereocenters. The molecule has 1 aromatic carbocycles. The molecule has 5 rings (SSSR count). The summed E-state index contributed by atoms with van der Waals surface area (Å²) in [5.74, 6) is -15.6. The molecule has 1 fully saturated rings. The minimum atomic E-state index is -5.55. The molecule has 31 heavy (non-hydrogen) atoms. The van der Waals surface area contributed by atoms with Crippen LogP contribution in [0.15, 0.2) is 63.8 Å². The van der Waals surface area contributed by atoms with E-state index in [9.17, 15) is 8.78 Å². The van der Waals surface area contributed by atoms with Gasteiger partial charge in [-0.3, -0.25) is 5.01 Å². The van der Waals surface area contributed by atoms with Gasteiger partial charge in [0.25, 0.3) is 0 Å². The molecule has 2 nitrogen and oxygen atoms in total. The zero-order valence-corrected chi connectivity index (χ0v) is 17.9. The number of fused-ring (bicyclic) bond motifs is 4. The van der Waals surface area contributed by atoms with E-state index in [1.165, 1.54) is 29.8 Å². The maximum absolute atomic E-state index is 15.1. The summed E-state index contributed by atoms with van der Waals surface area (Å²) in [6.45, 7) is 4.63. The Kier molecular flexibility index (Phi) is 3.74. The number of alkyl halides is 6. The van der Waals surface area contributed by atoms with E-state index >= 15 is 17.6 Å². The SMILES string of the molecule is CC1=NN(C)C2(C)C1=C1C(=C3C=C(c4ccccc4)SC32C)C(F)(F)C(F)(F)C1(F)F. The molecular formula is C22H18F6N2S. The lowest BCUT2D eigenvalue weighted by atomic mass is 9.66. The Labute approximate surface area is 179 Å². The molecule has 2 aliphatic carbocycles. The topological polar surface area (TPSA) is 15.6 Å². The maximum atomic E-state index is 15.1. The Morgan fingerprint density at radius 1 is 0.871 bits per heavy atom. The van der Waals surface area contributed by atoms with Crippen LogP contribution < -0.4 is 0 Å². The van der Waals surface area contributed by atoms with E-state index in [2.05, 4.69) is 5.10 Å². The molecule has 0 spiro atoms. The first-order valence-electron chi connectivity index (χ1n) is 9.62. The normalized spacial score (nSPS) is 34.5. The standard InChI is InChI=1S/C22H18F6N2S/c1-11-15-17-16(20(23,24)22(27,28)21(17,25)26)13-10-14(12-8-6-5-7-9-12)31-19(13,3)18(15,2)30(4)29-11/h5-10H,1-4H3. The van der Waals surface area contributed by atoms with Crippen molar-refractivity contribution >= 4 is 22.4 Å². The lowest BCUT2D eigenvalue weighted by Crippen LogP contribution is -2.58. The van der Waals surface area contributed by atoms with Gasteiger partial charge in [0.2, 0.25) is 0 Å². The summed E-state index contributed by atoms with van der Waals surface area (Å²) >= 11 is 1.21. The first-order valence-corrected chi connectivity index (χ1v) is 10.4. The highest BCUT2D eigenvalue weighted by Crippen LogP contribution is 2.72. The molecule has 164 valence electrons. The number of hydrogen-bond acceptors (Lipinski definition) is 3. The van der Waals surface area contributed by atoms with E-state index in [4.69, 9.17) is 0 Å². The predicted octanol–water partition coefficient (Wildman–Crippen LogP) is 6.14. The third kappa shape index (κ3) is 2.02. The second-order valence-electron chi connectivity index (χ2n) is 8.55. The summed E-state index contributed by atoms with van der Waals surface area (Å²) in [6, 6.07) is 8.83. The first kappa shape index (κ1) is 20.7. The number of hydrogen-bond donors (Lipinski definition) is 0. The van der Waals surface area contributed by atoms with Crippen LogP contribution in [0.1, 0.15) is 26.3 Å². The Morgan fingerprint density at radius 3 is 2.06 bits per heavy atom. The number of nitrogens with zero attached hydrogens (tertiary/aromatic N) is 2. The largest absolute Gasteiger partial charge is 0.380 e. The Bertz CT molecular complexity index is 1150. The Morgan fingerprint density at radius 2 is 1.45 bits per heavy atom. The number of benzene rings is 1.